The lowest BCUT2D eigenvalue weighted by atomic mass is 9.78. The van der Waals surface area contributed by atoms with Gasteiger partial charge in [-0.2, -0.15) is 4.98 Å². The van der Waals surface area contributed by atoms with Gasteiger partial charge in [-0.25, -0.2) is 15.0 Å². The van der Waals surface area contributed by atoms with Crippen molar-refractivity contribution >= 4 is 22.8 Å². The third kappa shape index (κ3) is 3.53. The van der Waals surface area contributed by atoms with E-state index in [1.807, 2.05) is 29.9 Å². The van der Waals surface area contributed by atoms with Crippen LogP contribution in [0.3, 0.4) is 0 Å². The average molecular weight is 376 g/mol. The Kier molecular flexibility index (Phi) is 4.46. The minimum absolute atomic E-state index is 0.254. The molecule has 0 amide bonds. The largest absolute Gasteiger partial charge is 0.384 e. The van der Waals surface area contributed by atoms with Crippen LogP contribution in [0.15, 0.2) is 49.5 Å². The van der Waals surface area contributed by atoms with Gasteiger partial charge in [-0.15, -0.1) is 0 Å². The first-order valence-electron chi connectivity index (χ1n) is 9.26. The molecule has 0 radical (unpaired) electrons. The summed E-state index contributed by atoms with van der Waals surface area (Å²) in [6, 6.07) is 0. The van der Waals surface area contributed by atoms with Crippen molar-refractivity contribution in [2.75, 3.05) is 5.73 Å². The molecular formula is C20H24N8. The molecule has 0 spiro atoms. The van der Waals surface area contributed by atoms with E-state index in [0.29, 0.717) is 17.0 Å². The number of hydrogen-bond acceptors (Lipinski definition) is 6. The number of H-pyrrole nitrogens is 1. The Morgan fingerprint density at radius 2 is 2.11 bits per heavy atom. The molecule has 0 atom stereocenters. The molecule has 8 heteroatoms. The van der Waals surface area contributed by atoms with Gasteiger partial charge < -0.3 is 16.0 Å². The molecule has 8 nitrogen and oxygen atoms in total. The molecule has 5 rings (SSSR count). The van der Waals surface area contributed by atoms with Crippen molar-refractivity contribution in [2.45, 2.75) is 38.6 Å². The molecule has 4 heterocycles. The van der Waals surface area contributed by atoms with Crippen LogP contribution in [0.4, 0.5) is 5.95 Å². The highest BCUT2D eigenvalue weighted by Gasteiger charge is 2.30. The van der Waals surface area contributed by atoms with Crippen molar-refractivity contribution in [3.63, 3.8) is 0 Å². The topological polar surface area (TPSA) is 110 Å². The quantitative estimate of drug-likeness (QED) is 0.506. The number of nitrogens with zero attached hydrogens (tertiary/aromatic N) is 5. The van der Waals surface area contributed by atoms with Crippen molar-refractivity contribution in [1.82, 2.24) is 34.6 Å². The Morgan fingerprint density at radius 1 is 1.29 bits per heavy atom. The predicted octanol–water partition coefficient (Wildman–Crippen LogP) is 3.30. The second kappa shape index (κ2) is 6.95. The van der Waals surface area contributed by atoms with Gasteiger partial charge in [-0.1, -0.05) is 6.58 Å². The number of aromatic amines is 1. The predicted molar refractivity (Wildman–Crippen MR) is 110 cm³/mol. The van der Waals surface area contributed by atoms with Gasteiger partial charge in [0, 0.05) is 64.9 Å². The van der Waals surface area contributed by atoms with E-state index in [2.05, 4.69) is 43.7 Å². The summed E-state index contributed by atoms with van der Waals surface area (Å²) in [5.41, 5.74) is 9.72. The van der Waals surface area contributed by atoms with Crippen LogP contribution in [0, 0.1) is 0 Å². The number of allylic oxidation sites excluding steroid dienone is 1. The zero-order chi connectivity index (χ0) is 19.7. The van der Waals surface area contributed by atoms with Crippen molar-refractivity contribution in [3.05, 3.63) is 49.5 Å². The van der Waals surface area contributed by atoms with E-state index in [1.165, 1.54) is 19.3 Å². The smallest absolute Gasteiger partial charge is 0.233 e. The van der Waals surface area contributed by atoms with E-state index in [0.717, 1.165) is 22.2 Å². The van der Waals surface area contributed by atoms with Gasteiger partial charge in [0.1, 0.15) is 5.65 Å². The van der Waals surface area contributed by atoms with Crippen molar-refractivity contribution in [2.24, 2.45) is 0 Å². The molecule has 4 N–H and O–H groups in total. The number of hydrogen-bond donors (Lipinski definition) is 3. The molecule has 0 bridgehead atoms. The van der Waals surface area contributed by atoms with Gasteiger partial charge >= 0.3 is 0 Å². The van der Waals surface area contributed by atoms with E-state index >= 15 is 0 Å². The third-order valence-corrected chi connectivity index (χ3v) is 4.98. The van der Waals surface area contributed by atoms with Crippen LogP contribution < -0.4 is 11.1 Å². The van der Waals surface area contributed by atoms with E-state index in [1.54, 1.807) is 18.6 Å². The second-order valence-electron chi connectivity index (χ2n) is 7.49. The number of anilines is 1. The molecular weight excluding hydrogens is 352 g/mol. The number of imidazole rings is 1. The van der Waals surface area contributed by atoms with Crippen molar-refractivity contribution in [1.29, 1.82) is 0 Å². The van der Waals surface area contributed by atoms with E-state index < -0.39 is 0 Å². The maximum absolute atomic E-state index is 5.57. The van der Waals surface area contributed by atoms with Crippen LogP contribution in [0.5, 0.6) is 0 Å². The van der Waals surface area contributed by atoms with Gasteiger partial charge in [0.2, 0.25) is 11.7 Å². The Bertz CT molecular complexity index is 1140. The summed E-state index contributed by atoms with van der Waals surface area (Å²) < 4.78 is 1.87. The van der Waals surface area contributed by atoms with Gasteiger partial charge in [0.25, 0.3) is 0 Å². The first-order chi connectivity index (χ1) is 13.4. The van der Waals surface area contributed by atoms with Gasteiger partial charge in [0.15, 0.2) is 0 Å². The van der Waals surface area contributed by atoms with Crippen LogP contribution in [0.25, 0.3) is 27.9 Å². The van der Waals surface area contributed by atoms with Gasteiger partial charge in [-0.3, -0.25) is 4.40 Å². The highest BCUT2D eigenvalue weighted by molar-refractivity contribution is 5.93. The molecule has 0 aliphatic heterocycles. The molecule has 28 heavy (non-hydrogen) atoms. The molecule has 1 saturated carbocycles. The Labute approximate surface area is 162 Å². The highest BCUT2D eigenvalue weighted by Crippen LogP contribution is 2.31. The summed E-state index contributed by atoms with van der Waals surface area (Å²) in [7, 11) is 0. The summed E-state index contributed by atoms with van der Waals surface area (Å²) in [5.74, 6) is 0.924. The summed E-state index contributed by atoms with van der Waals surface area (Å²) >= 11 is 0. The third-order valence-electron chi connectivity index (χ3n) is 4.98. The number of fused-ring (bicyclic) bond motifs is 2. The number of nitrogens with one attached hydrogen (secondary N) is 2. The Balaban J connectivity index is 0.000000181. The number of aromatic nitrogens is 6. The van der Waals surface area contributed by atoms with Crippen LogP contribution in [0.1, 0.15) is 33.1 Å². The normalized spacial score (nSPS) is 14.9. The van der Waals surface area contributed by atoms with E-state index in [-0.39, 0.29) is 5.95 Å². The van der Waals surface area contributed by atoms with Crippen LogP contribution >= 0.6 is 0 Å². The molecule has 1 aliphatic carbocycles. The summed E-state index contributed by atoms with van der Waals surface area (Å²) in [6.07, 6.45) is 14.9. The van der Waals surface area contributed by atoms with Crippen molar-refractivity contribution in [3.8, 4) is 11.1 Å². The lowest BCUT2D eigenvalue weighted by Gasteiger charge is -2.40. The molecule has 0 unspecified atom stereocenters. The van der Waals surface area contributed by atoms with E-state index in [9.17, 15) is 0 Å². The number of rotatable bonds is 3. The highest BCUT2D eigenvalue weighted by atomic mass is 15.1. The monoisotopic (exact) mass is 376 g/mol. The maximum Gasteiger partial charge on any atom is 0.233 e. The maximum atomic E-state index is 5.57. The van der Waals surface area contributed by atoms with Crippen LogP contribution in [-0.2, 0) is 0 Å². The first kappa shape index (κ1) is 18.0. The SMILES string of the molecule is C=C(C)NC1(C)CCC1.Nc1ncc2c(-c3cnc4nccn4c3)c[nH]c2n1. The zero-order valence-corrected chi connectivity index (χ0v) is 16.1. The zero-order valence-electron chi connectivity index (χ0n) is 16.1. The van der Waals surface area contributed by atoms with E-state index in [4.69, 9.17) is 5.73 Å². The second-order valence-corrected chi connectivity index (χ2v) is 7.49. The first-order valence-corrected chi connectivity index (χ1v) is 9.26. The Morgan fingerprint density at radius 3 is 2.79 bits per heavy atom. The van der Waals surface area contributed by atoms with Crippen LogP contribution in [0.2, 0.25) is 0 Å². The summed E-state index contributed by atoms with van der Waals surface area (Å²) in [4.78, 5) is 19.7. The molecule has 1 fully saturated rings. The van der Waals surface area contributed by atoms with Crippen molar-refractivity contribution < 1.29 is 0 Å². The molecule has 0 aromatic carbocycles. The molecule has 1 aliphatic rings. The molecule has 144 valence electrons. The number of nitrogen functional groups attached to an aromatic ring is 1. The lowest BCUT2D eigenvalue weighted by Crippen LogP contribution is -2.46. The molecule has 0 saturated heterocycles. The van der Waals surface area contributed by atoms with Gasteiger partial charge in [-0.05, 0) is 33.1 Å². The molecule has 4 aromatic heterocycles. The standard InChI is InChI=1S/C12H9N7.C8H15N/c13-11-16-5-9-8(4-15-10(9)18-11)7-3-17-12-14-1-2-19(12)6-7;1-7(2)9-8(3)5-4-6-8/h1-6H,(H3,13,15,16,18);9H,1,4-6H2,2-3H3. The molecule has 4 aromatic rings. The minimum Gasteiger partial charge on any atom is -0.384 e. The fraction of sp³-hybridized carbons (Fsp3) is 0.300. The van der Waals surface area contributed by atoms with Gasteiger partial charge in [0.05, 0.1) is 0 Å². The van der Waals surface area contributed by atoms with Crippen LogP contribution in [-0.4, -0.2) is 34.9 Å². The summed E-state index contributed by atoms with van der Waals surface area (Å²) in [6.45, 7) is 8.08. The average Bonchev–Trinajstić information content (AvgIpc) is 3.25. The fourth-order valence-electron chi connectivity index (χ4n) is 3.46. The lowest BCUT2D eigenvalue weighted by molar-refractivity contribution is 0.228. The fourth-order valence-corrected chi connectivity index (χ4v) is 3.46. The number of nitrogens with two attached hydrogens (primary N) is 1. The minimum atomic E-state index is 0.254. The summed E-state index contributed by atoms with van der Waals surface area (Å²) in [5, 5.41) is 4.27. The Hall–Kier alpha value is -3.42.